The van der Waals surface area contributed by atoms with Crippen LogP contribution < -0.4 is 14.8 Å². The van der Waals surface area contributed by atoms with Gasteiger partial charge < -0.3 is 19.6 Å². The van der Waals surface area contributed by atoms with Crippen molar-refractivity contribution in [2.45, 2.75) is 6.92 Å². The molecule has 0 unspecified atom stereocenters. The van der Waals surface area contributed by atoms with Crippen LogP contribution in [-0.2, 0) is 9.63 Å². The van der Waals surface area contributed by atoms with E-state index in [2.05, 4.69) is 10.5 Å². The van der Waals surface area contributed by atoms with Crippen LogP contribution in [-0.4, -0.2) is 25.0 Å². The summed E-state index contributed by atoms with van der Waals surface area (Å²) in [5.41, 5.74) is 1.89. The second kappa shape index (κ2) is 6.99. The highest BCUT2D eigenvalue weighted by Gasteiger charge is 2.14. The molecule has 2 aromatic carbocycles. The Kier molecular flexibility index (Phi) is 4.60. The number of nitrogens with zero attached hydrogens (tertiary/aromatic N) is 1. The molecule has 0 atom stereocenters. The normalized spacial score (nSPS) is 12.8. The maximum Gasteiger partial charge on any atom is 0.265 e. The van der Waals surface area contributed by atoms with Gasteiger partial charge in [0, 0.05) is 11.3 Å². The monoisotopic (exact) mass is 330 g/mol. The first-order valence-electron chi connectivity index (χ1n) is 7.24. The Morgan fingerprint density at radius 3 is 2.75 bits per heavy atom. The number of rotatable bonds is 5. The van der Waals surface area contributed by atoms with Crippen LogP contribution in [0.4, 0.5) is 10.1 Å². The maximum absolute atomic E-state index is 12.8. The lowest BCUT2D eigenvalue weighted by Crippen LogP contribution is -2.17. The van der Waals surface area contributed by atoms with Crippen molar-refractivity contribution in [2.75, 3.05) is 18.7 Å². The average molecular weight is 330 g/mol. The summed E-state index contributed by atoms with van der Waals surface area (Å²) in [6.07, 6.45) is 0. The summed E-state index contributed by atoms with van der Waals surface area (Å²) in [4.78, 5) is 16.8. The molecular weight excluding hydrogens is 315 g/mol. The number of fused-ring (bicyclic) bond motifs is 1. The van der Waals surface area contributed by atoms with E-state index in [1.165, 1.54) is 24.3 Å². The van der Waals surface area contributed by atoms with E-state index in [0.29, 0.717) is 22.9 Å². The van der Waals surface area contributed by atoms with E-state index in [4.69, 9.17) is 14.3 Å². The van der Waals surface area contributed by atoms with Gasteiger partial charge in [-0.1, -0.05) is 5.16 Å². The number of ether oxygens (including phenoxy) is 2. The SMILES string of the molecule is C/C(=N/OCC(=O)Nc1ccc(F)cc1)c1ccc2c(c1)OCO2. The van der Waals surface area contributed by atoms with E-state index in [1.807, 2.05) is 6.07 Å². The number of amides is 1. The van der Waals surface area contributed by atoms with Gasteiger partial charge in [0.25, 0.3) is 5.91 Å². The van der Waals surface area contributed by atoms with Crippen LogP contribution in [0.2, 0.25) is 0 Å². The van der Waals surface area contributed by atoms with Crippen molar-refractivity contribution in [1.82, 2.24) is 0 Å². The summed E-state index contributed by atoms with van der Waals surface area (Å²) in [5.74, 6) is 0.583. The first kappa shape index (κ1) is 15.8. The topological polar surface area (TPSA) is 69.2 Å². The number of hydrogen-bond donors (Lipinski definition) is 1. The zero-order valence-electron chi connectivity index (χ0n) is 12.9. The number of nitrogens with one attached hydrogen (secondary N) is 1. The van der Waals surface area contributed by atoms with Gasteiger partial charge in [0.1, 0.15) is 5.82 Å². The number of anilines is 1. The van der Waals surface area contributed by atoms with E-state index in [1.54, 1.807) is 19.1 Å². The van der Waals surface area contributed by atoms with Crippen molar-refractivity contribution in [2.24, 2.45) is 5.16 Å². The highest BCUT2D eigenvalue weighted by molar-refractivity contribution is 5.99. The molecule has 0 fully saturated rings. The Labute approximate surface area is 137 Å². The standard InChI is InChI=1S/C17H15FN2O4/c1-11(12-2-7-15-16(8-12)23-10-22-15)20-24-9-17(21)19-14-5-3-13(18)4-6-14/h2-8H,9-10H2,1H3,(H,19,21)/b20-11-. The van der Waals surface area contributed by atoms with Crippen LogP contribution >= 0.6 is 0 Å². The van der Waals surface area contributed by atoms with Gasteiger partial charge in [0.2, 0.25) is 6.79 Å². The number of halogens is 1. The van der Waals surface area contributed by atoms with Crippen molar-refractivity contribution < 1.29 is 23.5 Å². The van der Waals surface area contributed by atoms with Gasteiger partial charge >= 0.3 is 0 Å². The molecule has 2 aromatic rings. The van der Waals surface area contributed by atoms with Gasteiger partial charge in [-0.05, 0) is 49.4 Å². The molecule has 1 N–H and O–H groups in total. The number of benzene rings is 2. The second-order valence-electron chi connectivity index (χ2n) is 5.07. The van der Waals surface area contributed by atoms with Crippen LogP contribution in [0.15, 0.2) is 47.6 Å². The first-order valence-corrected chi connectivity index (χ1v) is 7.24. The molecule has 6 nitrogen and oxygen atoms in total. The van der Waals surface area contributed by atoms with Crippen molar-refractivity contribution in [3.05, 3.63) is 53.8 Å². The van der Waals surface area contributed by atoms with Crippen molar-refractivity contribution in [1.29, 1.82) is 0 Å². The van der Waals surface area contributed by atoms with Crippen LogP contribution in [0.5, 0.6) is 11.5 Å². The Balaban J connectivity index is 1.53. The van der Waals surface area contributed by atoms with Gasteiger partial charge in [-0.2, -0.15) is 0 Å². The van der Waals surface area contributed by atoms with Crippen LogP contribution in [0.1, 0.15) is 12.5 Å². The van der Waals surface area contributed by atoms with E-state index in [9.17, 15) is 9.18 Å². The molecule has 124 valence electrons. The highest BCUT2D eigenvalue weighted by Crippen LogP contribution is 2.32. The molecule has 0 bridgehead atoms. The lowest BCUT2D eigenvalue weighted by atomic mass is 10.1. The van der Waals surface area contributed by atoms with Crippen LogP contribution in [0.3, 0.4) is 0 Å². The molecule has 3 rings (SSSR count). The zero-order valence-corrected chi connectivity index (χ0v) is 12.9. The minimum absolute atomic E-state index is 0.203. The van der Waals surface area contributed by atoms with Gasteiger partial charge in [0.15, 0.2) is 18.1 Å². The van der Waals surface area contributed by atoms with E-state index in [0.717, 1.165) is 5.56 Å². The first-order chi connectivity index (χ1) is 11.6. The van der Waals surface area contributed by atoms with Crippen molar-refractivity contribution in [3.8, 4) is 11.5 Å². The number of hydrogen-bond acceptors (Lipinski definition) is 5. The third-order valence-electron chi connectivity index (χ3n) is 3.32. The number of oxime groups is 1. The molecule has 0 saturated heterocycles. The molecule has 7 heteroatoms. The second-order valence-corrected chi connectivity index (χ2v) is 5.07. The molecule has 0 spiro atoms. The zero-order chi connectivity index (χ0) is 16.9. The fourth-order valence-corrected chi connectivity index (χ4v) is 2.09. The average Bonchev–Trinajstić information content (AvgIpc) is 3.04. The minimum Gasteiger partial charge on any atom is -0.454 e. The van der Waals surface area contributed by atoms with Gasteiger partial charge in [-0.25, -0.2) is 4.39 Å². The molecule has 0 saturated carbocycles. The fraction of sp³-hybridized carbons (Fsp3) is 0.176. The smallest absolute Gasteiger partial charge is 0.265 e. The summed E-state index contributed by atoms with van der Waals surface area (Å²) in [6, 6.07) is 10.9. The molecule has 0 aliphatic carbocycles. The third kappa shape index (κ3) is 3.81. The van der Waals surface area contributed by atoms with E-state index >= 15 is 0 Å². The van der Waals surface area contributed by atoms with Crippen molar-refractivity contribution >= 4 is 17.3 Å². The predicted octanol–water partition coefficient (Wildman–Crippen LogP) is 2.93. The third-order valence-corrected chi connectivity index (χ3v) is 3.32. The summed E-state index contributed by atoms with van der Waals surface area (Å²) in [5, 5.41) is 6.50. The number of carbonyl (C=O) groups is 1. The predicted molar refractivity (Wildman–Crippen MR) is 85.8 cm³/mol. The summed E-state index contributed by atoms with van der Waals surface area (Å²) >= 11 is 0. The molecule has 1 heterocycles. The van der Waals surface area contributed by atoms with Crippen LogP contribution in [0, 0.1) is 5.82 Å². The molecule has 1 aliphatic rings. The fourth-order valence-electron chi connectivity index (χ4n) is 2.09. The lowest BCUT2D eigenvalue weighted by molar-refractivity contribution is -0.120. The molecule has 0 radical (unpaired) electrons. The molecular formula is C17H15FN2O4. The Bertz CT molecular complexity index is 775. The molecule has 0 aromatic heterocycles. The van der Waals surface area contributed by atoms with E-state index < -0.39 is 0 Å². The largest absolute Gasteiger partial charge is 0.454 e. The van der Waals surface area contributed by atoms with Gasteiger partial charge in [-0.15, -0.1) is 0 Å². The molecule has 1 aliphatic heterocycles. The van der Waals surface area contributed by atoms with E-state index in [-0.39, 0.29) is 25.1 Å². The van der Waals surface area contributed by atoms with Crippen molar-refractivity contribution in [3.63, 3.8) is 0 Å². The lowest BCUT2D eigenvalue weighted by Gasteiger charge is -2.05. The number of carbonyl (C=O) groups excluding carboxylic acids is 1. The Morgan fingerprint density at radius 1 is 1.21 bits per heavy atom. The Morgan fingerprint density at radius 2 is 1.96 bits per heavy atom. The highest BCUT2D eigenvalue weighted by atomic mass is 19.1. The summed E-state index contributed by atoms with van der Waals surface area (Å²) < 4.78 is 23.3. The maximum atomic E-state index is 12.8. The minimum atomic E-state index is -0.385. The molecule has 24 heavy (non-hydrogen) atoms. The molecule has 1 amide bonds. The van der Waals surface area contributed by atoms with Gasteiger partial charge in [-0.3, -0.25) is 4.79 Å². The van der Waals surface area contributed by atoms with Crippen LogP contribution in [0.25, 0.3) is 0 Å². The Hall–Kier alpha value is -3.09. The quantitative estimate of drug-likeness (QED) is 0.676. The summed E-state index contributed by atoms with van der Waals surface area (Å²) in [7, 11) is 0. The van der Waals surface area contributed by atoms with Gasteiger partial charge in [0.05, 0.1) is 5.71 Å². The summed E-state index contributed by atoms with van der Waals surface area (Å²) in [6.45, 7) is 1.71.